The van der Waals surface area contributed by atoms with Gasteiger partial charge in [-0.05, 0) is 48.9 Å². The lowest BCUT2D eigenvalue weighted by atomic mass is 10.0. The van der Waals surface area contributed by atoms with E-state index in [-0.39, 0.29) is 11.9 Å². The molecule has 5 heteroatoms. The Bertz CT molecular complexity index is 925. The average Bonchev–Trinajstić information content (AvgIpc) is 3.18. The number of nitrogens with one attached hydrogen (secondary N) is 1. The molecule has 4 heterocycles. The summed E-state index contributed by atoms with van der Waals surface area (Å²) in [5.74, 6) is -0.190. The van der Waals surface area contributed by atoms with Crippen LogP contribution in [0.2, 0.25) is 0 Å². The molecule has 1 aromatic carbocycles. The molecule has 128 valence electrons. The van der Waals surface area contributed by atoms with E-state index in [1.807, 2.05) is 23.5 Å². The zero-order valence-electron chi connectivity index (χ0n) is 14.1. The van der Waals surface area contributed by atoms with Crippen LogP contribution in [0, 0.1) is 5.82 Å². The molecule has 2 aromatic heterocycles. The summed E-state index contributed by atoms with van der Waals surface area (Å²) in [6.07, 6.45) is 3.28. The summed E-state index contributed by atoms with van der Waals surface area (Å²) in [7, 11) is 2.19. The van der Waals surface area contributed by atoms with Crippen molar-refractivity contribution >= 4 is 11.3 Å². The quantitative estimate of drug-likeness (QED) is 0.717. The van der Waals surface area contributed by atoms with E-state index in [0.717, 1.165) is 31.6 Å². The number of benzene rings is 1. The molecule has 0 saturated heterocycles. The summed E-state index contributed by atoms with van der Waals surface area (Å²) in [6.45, 7) is 3.02. The summed E-state index contributed by atoms with van der Waals surface area (Å²) >= 11 is 1.92. The van der Waals surface area contributed by atoms with Crippen LogP contribution in [0.4, 0.5) is 4.39 Å². The van der Waals surface area contributed by atoms with Gasteiger partial charge >= 0.3 is 0 Å². The highest BCUT2D eigenvalue weighted by Crippen LogP contribution is 2.40. The molecular formula is C20H20FN3S. The van der Waals surface area contributed by atoms with Gasteiger partial charge in [-0.25, -0.2) is 4.39 Å². The van der Waals surface area contributed by atoms with Crippen molar-refractivity contribution in [1.82, 2.24) is 14.8 Å². The van der Waals surface area contributed by atoms with Crippen LogP contribution < -0.4 is 5.32 Å². The second-order valence-corrected chi connectivity index (χ2v) is 8.03. The van der Waals surface area contributed by atoms with Crippen LogP contribution >= 0.6 is 11.3 Å². The smallest absolute Gasteiger partial charge is 0.123 e. The summed E-state index contributed by atoms with van der Waals surface area (Å²) in [5.41, 5.74) is 5.29. The highest BCUT2D eigenvalue weighted by atomic mass is 32.1. The maximum absolute atomic E-state index is 13.3. The zero-order valence-corrected chi connectivity index (χ0v) is 14.9. The van der Waals surface area contributed by atoms with Gasteiger partial charge in [-0.3, -0.25) is 0 Å². The van der Waals surface area contributed by atoms with Gasteiger partial charge in [0.25, 0.3) is 0 Å². The first kappa shape index (κ1) is 15.3. The largest absolute Gasteiger partial charge is 0.310 e. The molecule has 5 rings (SSSR count). The van der Waals surface area contributed by atoms with Crippen LogP contribution in [-0.4, -0.2) is 23.1 Å². The van der Waals surface area contributed by atoms with Gasteiger partial charge in [0.2, 0.25) is 0 Å². The lowest BCUT2D eigenvalue weighted by molar-refractivity contribution is 0.316. The Kier molecular flexibility index (Phi) is 3.55. The number of likely N-dealkylation sites (N-methyl/N-ethyl adjacent to an activating group) is 1. The Balaban J connectivity index is 1.62. The molecule has 0 bridgehead atoms. The Morgan fingerprint density at radius 1 is 1.16 bits per heavy atom. The van der Waals surface area contributed by atoms with Gasteiger partial charge < -0.3 is 14.8 Å². The van der Waals surface area contributed by atoms with E-state index in [2.05, 4.69) is 40.2 Å². The number of fused-ring (bicyclic) bond motifs is 5. The minimum absolute atomic E-state index is 0.0807. The molecule has 0 spiro atoms. The van der Waals surface area contributed by atoms with Crippen molar-refractivity contribution in [2.75, 3.05) is 13.6 Å². The van der Waals surface area contributed by atoms with Gasteiger partial charge in [-0.2, -0.15) is 0 Å². The van der Waals surface area contributed by atoms with E-state index in [1.165, 1.54) is 26.7 Å². The highest BCUT2D eigenvalue weighted by molar-refractivity contribution is 7.15. The molecule has 25 heavy (non-hydrogen) atoms. The molecule has 0 unspecified atom stereocenters. The molecule has 3 aromatic rings. The van der Waals surface area contributed by atoms with Crippen molar-refractivity contribution < 1.29 is 4.39 Å². The summed E-state index contributed by atoms with van der Waals surface area (Å²) in [4.78, 5) is 3.89. The minimum Gasteiger partial charge on any atom is -0.310 e. The fraction of sp³-hybridized carbons (Fsp3) is 0.300. The van der Waals surface area contributed by atoms with Crippen LogP contribution in [0.3, 0.4) is 0 Å². The van der Waals surface area contributed by atoms with Crippen molar-refractivity contribution in [2.24, 2.45) is 0 Å². The SMILES string of the molecule is CN1CCc2c(sc3c2CN[C@H](c2ccc(F)cc2)c2cccn2-3)C1. The topological polar surface area (TPSA) is 20.2 Å². The van der Waals surface area contributed by atoms with Crippen molar-refractivity contribution in [1.29, 1.82) is 0 Å². The maximum atomic E-state index is 13.3. The third-order valence-electron chi connectivity index (χ3n) is 5.32. The monoisotopic (exact) mass is 353 g/mol. The molecule has 0 aliphatic carbocycles. The van der Waals surface area contributed by atoms with E-state index in [9.17, 15) is 4.39 Å². The number of nitrogens with zero attached hydrogens (tertiary/aromatic N) is 2. The molecule has 0 saturated carbocycles. The van der Waals surface area contributed by atoms with Crippen molar-refractivity contribution in [3.05, 3.63) is 75.7 Å². The molecule has 3 nitrogen and oxygen atoms in total. The van der Waals surface area contributed by atoms with Crippen LogP contribution in [0.5, 0.6) is 0 Å². The predicted octanol–water partition coefficient (Wildman–Crippen LogP) is 3.86. The first-order valence-electron chi connectivity index (χ1n) is 8.69. The van der Waals surface area contributed by atoms with Crippen molar-refractivity contribution in [3.8, 4) is 5.00 Å². The molecule has 1 atom stereocenters. The fourth-order valence-corrected chi connectivity index (χ4v) is 5.48. The summed E-state index contributed by atoms with van der Waals surface area (Å²) < 4.78 is 15.7. The number of hydrogen-bond acceptors (Lipinski definition) is 3. The second-order valence-electron chi connectivity index (χ2n) is 6.94. The normalized spacial score (nSPS) is 19.8. The number of thiophene rings is 1. The van der Waals surface area contributed by atoms with Crippen LogP contribution in [0.1, 0.15) is 33.3 Å². The first-order chi connectivity index (χ1) is 12.2. The van der Waals surface area contributed by atoms with E-state index in [1.54, 1.807) is 12.1 Å². The molecule has 1 N–H and O–H groups in total. The van der Waals surface area contributed by atoms with Gasteiger partial charge in [-0.15, -0.1) is 11.3 Å². The van der Waals surface area contributed by atoms with Crippen LogP contribution in [-0.2, 0) is 19.5 Å². The number of hydrogen-bond donors (Lipinski definition) is 1. The van der Waals surface area contributed by atoms with E-state index >= 15 is 0 Å². The molecule has 2 aliphatic rings. The Labute approximate surface area is 150 Å². The fourth-order valence-electron chi connectivity index (χ4n) is 4.03. The Hall–Kier alpha value is -1.95. The van der Waals surface area contributed by atoms with Crippen LogP contribution in [0.15, 0.2) is 42.6 Å². The van der Waals surface area contributed by atoms with Gasteiger partial charge in [0.15, 0.2) is 0 Å². The van der Waals surface area contributed by atoms with Crippen molar-refractivity contribution in [3.63, 3.8) is 0 Å². The first-order valence-corrected chi connectivity index (χ1v) is 9.51. The third kappa shape index (κ3) is 2.46. The van der Waals surface area contributed by atoms with Crippen LogP contribution in [0.25, 0.3) is 5.00 Å². The average molecular weight is 353 g/mol. The zero-order chi connectivity index (χ0) is 17.0. The molecule has 0 amide bonds. The predicted molar refractivity (Wildman–Crippen MR) is 98.8 cm³/mol. The van der Waals surface area contributed by atoms with Gasteiger partial charge in [-0.1, -0.05) is 12.1 Å². The van der Waals surface area contributed by atoms with E-state index in [4.69, 9.17) is 0 Å². The molecular weight excluding hydrogens is 333 g/mol. The lowest BCUT2D eigenvalue weighted by Gasteiger charge is -2.23. The second kappa shape index (κ2) is 5.80. The molecule has 0 radical (unpaired) electrons. The molecule has 2 aliphatic heterocycles. The van der Waals surface area contributed by atoms with Gasteiger partial charge in [0.1, 0.15) is 10.8 Å². The summed E-state index contributed by atoms with van der Waals surface area (Å²) in [6, 6.07) is 11.2. The third-order valence-corrected chi connectivity index (χ3v) is 6.58. The number of halogens is 1. The summed E-state index contributed by atoms with van der Waals surface area (Å²) in [5, 5.41) is 5.06. The lowest BCUT2D eigenvalue weighted by Crippen LogP contribution is -2.27. The maximum Gasteiger partial charge on any atom is 0.123 e. The number of aromatic nitrogens is 1. The van der Waals surface area contributed by atoms with E-state index in [0.29, 0.717) is 0 Å². The Morgan fingerprint density at radius 3 is 2.84 bits per heavy atom. The standard InChI is InChI=1S/C20H20FN3S/c1-23-10-8-15-16-11-22-19(13-4-6-14(21)7-5-13)17-3-2-9-24(17)20(16)25-18(15)12-23/h2-7,9,19,22H,8,10-12H2,1H3/t19-/m1/s1. The van der Waals surface area contributed by atoms with Gasteiger partial charge in [0.05, 0.1) is 6.04 Å². The van der Waals surface area contributed by atoms with E-state index < -0.39 is 0 Å². The van der Waals surface area contributed by atoms with Gasteiger partial charge in [0, 0.05) is 42.0 Å². The number of rotatable bonds is 1. The Morgan fingerprint density at radius 2 is 2.00 bits per heavy atom. The highest BCUT2D eigenvalue weighted by Gasteiger charge is 2.29. The van der Waals surface area contributed by atoms with Crippen molar-refractivity contribution in [2.45, 2.75) is 25.6 Å². The minimum atomic E-state index is -0.190. The molecule has 0 fully saturated rings.